The lowest BCUT2D eigenvalue weighted by molar-refractivity contribution is 0.102. The zero-order chi connectivity index (χ0) is 16.4. The second-order valence-corrected chi connectivity index (χ2v) is 7.26. The van der Waals surface area contributed by atoms with Gasteiger partial charge in [0.15, 0.2) is 0 Å². The molecule has 0 atom stereocenters. The summed E-state index contributed by atoms with van der Waals surface area (Å²) in [5.74, 6) is -0.418. The SMILES string of the molecule is Cc1ccc(S(=O)(=O)n2cc(NC(=O)c3cscn3)cn2)cc1. The van der Waals surface area contributed by atoms with E-state index in [-0.39, 0.29) is 16.3 Å². The van der Waals surface area contributed by atoms with Crippen LogP contribution in [0.4, 0.5) is 5.69 Å². The van der Waals surface area contributed by atoms with Crippen molar-refractivity contribution in [2.45, 2.75) is 11.8 Å². The van der Waals surface area contributed by atoms with Crippen molar-refractivity contribution < 1.29 is 13.2 Å². The van der Waals surface area contributed by atoms with Crippen molar-refractivity contribution in [2.75, 3.05) is 5.32 Å². The number of hydrogen-bond acceptors (Lipinski definition) is 6. The molecule has 1 N–H and O–H groups in total. The van der Waals surface area contributed by atoms with Crippen LogP contribution in [-0.2, 0) is 10.0 Å². The maximum atomic E-state index is 12.4. The normalized spacial score (nSPS) is 11.3. The van der Waals surface area contributed by atoms with Crippen LogP contribution in [0.3, 0.4) is 0 Å². The first kappa shape index (κ1) is 15.4. The molecule has 0 fully saturated rings. The molecule has 1 aromatic carbocycles. The Labute approximate surface area is 136 Å². The Hall–Kier alpha value is -2.52. The van der Waals surface area contributed by atoms with Crippen molar-refractivity contribution in [3.63, 3.8) is 0 Å². The smallest absolute Gasteiger partial charge is 0.283 e. The minimum absolute atomic E-state index is 0.128. The molecule has 0 unspecified atom stereocenters. The van der Waals surface area contributed by atoms with E-state index in [0.717, 1.165) is 9.65 Å². The number of carbonyl (C=O) groups is 1. The van der Waals surface area contributed by atoms with E-state index in [9.17, 15) is 13.2 Å². The average Bonchev–Trinajstić information content (AvgIpc) is 3.19. The van der Waals surface area contributed by atoms with Crippen LogP contribution in [0, 0.1) is 6.92 Å². The number of aryl methyl sites for hydroxylation is 1. The number of rotatable bonds is 4. The number of anilines is 1. The number of carbonyl (C=O) groups excluding carboxylic acids is 1. The second kappa shape index (κ2) is 5.94. The Morgan fingerprint density at radius 3 is 2.65 bits per heavy atom. The molecular weight excluding hydrogens is 336 g/mol. The third-order valence-electron chi connectivity index (χ3n) is 3.05. The lowest BCUT2D eigenvalue weighted by Gasteiger charge is -2.04. The Morgan fingerprint density at radius 2 is 2.00 bits per heavy atom. The lowest BCUT2D eigenvalue weighted by atomic mass is 10.2. The maximum Gasteiger partial charge on any atom is 0.283 e. The van der Waals surface area contributed by atoms with Crippen LogP contribution in [-0.4, -0.2) is 28.5 Å². The Kier molecular flexibility index (Phi) is 3.97. The van der Waals surface area contributed by atoms with E-state index in [1.165, 1.54) is 35.9 Å². The fourth-order valence-corrected chi connectivity index (χ4v) is 3.49. The summed E-state index contributed by atoms with van der Waals surface area (Å²) in [6, 6.07) is 6.45. The van der Waals surface area contributed by atoms with Gasteiger partial charge in [0.1, 0.15) is 5.69 Å². The fourth-order valence-electron chi connectivity index (χ4n) is 1.84. The molecule has 23 heavy (non-hydrogen) atoms. The van der Waals surface area contributed by atoms with Gasteiger partial charge in [-0.25, -0.2) is 4.98 Å². The van der Waals surface area contributed by atoms with Crippen LogP contribution in [0.2, 0.25) is 0 Å². The molecule has 7 nitrogen and oxygen atoms in total. The number of thiazole rings is 1. The predicted octanol–water partition coefficient (Wildman–Crippen LogP) is 2.14. The van der Waals surface area contributed by atoms with Gasteiger partial charge < -0.3 is 5.32 Å². The average molecular weight is 348 g/mol. The summed E-state index contributed by atoms with van der Waals surface area (Å²) < 4.78 is 25.7. The number of amides is 1. The molecule has 9 heteroatoms. The van der Waals surface area contributed by atoms with Gasteiger partial charge >= 0.3 is 0 Å². The van der Waals surface area contributed by atoms with E-state index >= 15 is 0 Å². The predicted molar refractivity (Wildman–Crippen MR) is 86.1 cm³/mol. The molecule has 3 rings (SSSR count). The Morgan fingerprint density at radius 1 is 1.26 bits per heavy atom. The molecule has 0 radical (unpaired) electrons. The van der Waals surface area contributed by atoms with Gasteiger partial charge in [-0.05, 0) is 19.1 Å². The van der Waals surface area contributed by atoms with Crippen molar-refractivity contribution in [2.24, 2.45) is 0 Å². The number of benzene rings is 1. The van der Waals surface area contributed by atoms with Crippen molar-refractivity contribution in [1.82, 2.24) is 14.2 Å². The molecule has 2 heterocycles. The molecule has 0 bridgehead atoms. The number of nitrogens with one attached hydrogen (secondary N) is 1. The van der Waals surface area contributed by atoms with Crippen LogP contribution in [0.1, 0.15) is 16.1 Å². The molecule has 0 aliphatic rings. The van der Waals surface area contributed by atoms with E-state index in [1.54, 1.807) is 23.0 Å². The largest absolute Gasteiger partial charge is 0.318 e. The molecular formula is C14H12N4O3S2. The lowest BCUT2D eigenvalue weighted by Crippen LogP contribution is -2.14. The molecule has 1 amide bonds. The summed E-state index contributed by atoms with van der Waals surface area (Å²) in [5, 5.41) is 7.97. The number of nitrogens with zero attached hydrogens (tertiary/aromatic N) is 3. The van der Waals surface area contributed by atoms with Gasteiger partial charge in [-0.3, -0.25) is 4.79 Å². The molecule has 0 saturated carbocycles. The summed E-state index contributed by atoms with van der Waals surface area (Å²) in [4.78, 5) is 15.9. The summed E-state index contributed by atoms with van der Waals surface area (Å²) >= 11 is 1.30. The fraction of sp³-hybridized carbons (Fsp3) is 0.0714. The van der Waals surface area contributed by atoms with Gasteiger partial charge in [-0.15, -0.1) is 11.3 Å². The highest BCUT2D eigenvalue weighted by molar-refractivity contribution is 7.89. The first-order chi connectivity index (χ1) is 11.0. The second-order valence-electron chi connectivity index (χ2n) is 4.75. The highest BCUT2D eigenvalue weighted by Crippen LogP contribution is 2.16. The third-order valence-corrected chi connectivity index (χ3v) is 5.19. The van der Waals surface area contributed by atoms with Gasteiger partial charge in [-0.2, -0.15) is 17.6 Å². The Bertz CT molecular complexity index is 929. The third kappa shape index (κ3) is 3.15. The highest BCUT2D eigenvalue weighted by Gasteiger charge is 2.18. The highest BCUT2D eigenvalue weighted by atomic mass is 32.2. The standard InChI is InChI=1S/C14H12N4O3S2/c1-10-2-4-12(5-3-10)23(20,21)18-7-11(6-16-18)17-14(19)13-8-22-9-15-13/h2-9H,1H3,(H,17,19). The van der Waals surface area contributed by atoms with Crippen LogP contribution in [0.15, 0.2) is 52.4 Å². The van der Waals surface area contributed by atoms with Crippen molar-refractivity contribution in [3.8, 4) is 0 Å². The zero-order valence-corrected chi connectivity index (χ0v) is 13.6. The van der Waals surface area contributed by atoms with Gasteiger partial charge in [0.2, 0.25) is 0 Å². The molecule has 0 aliphatic heterocycles. The van der Waals surface area contributed by atoms with Gasteiger partial charge in [-0.1, -0.05) is 17.7 Å². The van der Waals surface area contributed by atoms with Gasteiger partial charge in [0.05, 0.1) is 28.5 Å². The Balaban J connectivity index is 1.84. The van der Waals surface area contributed by atoms with Crippen LogP contribution in [0.5, 0.6) is 0 Å². The van der Waals surface area contributed by atoms with E-state index in [2.05, 4.69) is 15.4 Å². The quantitative estimate of drug-likeness (QED) is 0.779. The summed E-state index contributed by atoms with van der Waals surface area (Å²) in [5.41, 5.74) is 3.05. The molecule has 3 aromatic rings. The van der Waals surface area contributed by atoms with Gasteiger partial charge in [0, 0.05) is 5.38 Å². The van der Waals surface area contributed by atoms with E-state index in [4.69, 9.17) is 0 Å². The number of aromatic nitrogens is 3. The first-order valence-corrected chi connectivity index (χ1v) is 8.91. The molecule has 0 saturated heterocycles. The minimum atomic E-state index is -3.78. The molecule has 0 spiro atoms. The topological polar surface area (TPSA) is 94.0 Å². The van der Waals surface area contributed by atoms with E-state index < -0.39 is 15.9 Å². The van der Waals surface area contributed by atoms with Crippen molar-refractivity contribution >= 4 is 33.0 Å². The summed E-state index contributed by atoms with van der Waals surface area (Å²) in [7, 11) is -3.78. The first-order valence-electron chi connectivity index (χ1n) is 6.53. The minimum Gasteiger partial charge on any atom is -0.318 e. The molecule has 2 aromatic heterocycles. The zero-order valence-electron chi connectivity index (χ0n) is 12.0. The van der Waals surface area contributed by atoms with Crippen molar-refractivity contribution in [1.29, 1.82) is 0 Å². The maximum absolute atomic E-state index is 12.4. The van der Waals surface area contributed by atoms with Crippen molar-refractivity contribution in [3.05, 3.63) is 58.8 Å². The van der Waals surface area contributed by atoms with E-state index in [0.29, 0.717) is 0 Å². The van der Waals surface area contributed by atoms with Crippen LogP contribution >= 0.6 is 11.3 Å². The van der Waals surface area contributed by atoms with Gasteiger partial charge in [0.25, 0.3) is 15.9 Å². The van der Waals surface area contributed by atoms with Crippen LogP contribution in [0.25, 0.3) is 0 Å². The monoisotopic (exact) mass is 348 g/mol. The number of hydrogen-bond donors (Lipinski definition) is 1. The van der Waals surface area contributed by atoms with E-state index in [1.807, 2.05) is 6.92 Å². The summed E-state index contributed by atoms with van der Waals surface area (Å²) in [6.45, 7) is 1.87. The molecule has 0 aliphatic carbocycles. The van der Waals surface area contributed by atoms with Crippen LogP contribution < -0.4 is 5.32 Å². The molecule has 118 valence electrons. The summed E-state index contributed by atoms with van der Waals surface area (Å²) in [6.07, 6.45) is 2.52.